The van der Waals surface area contributed by atoms with Crippen LogP contribution in [0.2, 0.25) is 5.02 Å². The zero-order valence-electron chi connectivity index (χ0n) is 11.9. The molecule has 0 amide bonds. The maximum absolute atomic E-state index is 6.00. The van der Waals surface area contributed by atoms with Crippen molar-refractivity contribution in [3.05, 3.63) is 40.5 Å². The first kappa shape index (κ1) is 14.6. The number of rotatable bonds is 5. The summed E-state index contributed by atoms with van der Waals surface area (Å²) in [5.41, 5.74) is 1.89. The predicted octanol–water partition coefficient (Wildman–Crippen LogP) is 4.36. The van der Waals surface area contributed by atoms with Gasteiger partial charge in [0.25, 0.3) is 0 Å². The highest BCUT2D eigenvalue weighted by molar-refractivity contribution is 6.30. The Morgan fingerprint density at radius 1 is 1.25 bits per heavy atom. The lowest BCUT2D eigenvalue weighted by Crippen LogP contribution is -2.05. The molecular weight excluding hydrogens is 274 g/mol. The average molecular weight is 292 g/mol. The lowest BCUT2D eigenvalue weighted by molar-refractivity contribution is 0.455. The minimum absolute atomic E-state index is 0.545. The first-order valence-corrected chi connectivity index (χ1v) is 6.99. The Hall–Kier alpha value is -1.81. The summed E-state index contributed by atoms with van der Waals surface area (Å²) in [6, 6.07) is 5.55. The van der Waals surface area contributed by atoms with E-state index in [1.165, 1.54) is 0 Å². The molecule has 0 aliphatic rings. The molecule has 20 heavy (non-hydrogen) atoms. The second-order valence-corrected chi connectivity index (χ2v) is 5.06. The van der Waals surface area contributed by atoms with Crippen molar-refractivity contribution in [2.24, 2.45) is 0 Å². The van der Waals surface area contributed by atoms with Crippen LogP contribution < -0.4 is 10.1 Å². The number of nitrogens with one attached hydrogen (secondary N) is 1. The van der Waals surface area contributed by atoms with Gasteiger partial charge in [0, 0.05) is 23.3 Å². The van der Waals surface area contributed by atoms with Crippen LogP contribution in [0.4, 0.5) is 5.95 Å². The molecule has 0 saturated heterocycles. The average Bonchev–Trinajstić information content (AvgIpc) is 2.43. The third kappa shape index (κ3) is 3.61. The molecule has 0 atom stereocenters. The standard InChI is InChI=1S/C15H18ClN3O/c1-4-7-17-15-18-9-11(3)14(19-15)20-13-8-12(16)6-5-10(13)2/h5-6,8-9H,4,7H2,1-3H3,(H,17,18,19). The second-order valence-electron chi connectivity index (χ2n) is 4.62. The summed E-state index contributed by atoms with van der Waals surface area (Å²) >= 11 is 6.00. The van der Waals surface area contributed by atoms with Gasteiger partial charge in [-0.1, -0.05) is 24.6 Å². The van der Waals surface area contributed by atoms with Crippen LogP contribution in [0, 0.1) is 13.8 Å². The van der Waals surface area contributed by atoms with Gasteiger partial charge in [-0.15, -0.1) is 0 Å². The monoisotopic (exact) mass is 291 g/mol. The van der Waals surface area contributed by atoms with Crippen molar-refractivity contribution in [1.29, 1.82) is 0 Å². The van der Waals surface area contributed by atoms with E-state index in [1.54, 1.807) is 12.3 Å². The van der Waals surface area contributed by atoms with Crippen LogP contribution in [-0.2, 0) is 0 Å². The molecule has 2 rings (SSSR count). The lowest BCUT2D eigenvalue weighted by Gasteiger charge is -2.11. The molecule has 1 aromatic heterocycles. The van der Waals surface area contributed by atoms with E-state index in [2.05, 4.69) is 22.2 Å². The fraction of sp³-hybridized carbons (Fsp3) is 0.333. The highest BCUT2D eigenvalue weighted by Gasteiger charge is 2.08. The van der Waals surface area contributed by atoms with Gasteiger partial charge < -0.3 is 10.1 Å². The highest BCUT2D eigenvalue weighted by atomic mass is 35.5. The van der Waals surface area contributed by atoms with E-state index in [9.17, 15) is 0 Å². The van der Waals surface area contributed by atoms with Gasteiger partial charge in [-0.05, 0) is 38.0 Å². The molecule has 0 aliphatic carbocycles. The van der Waals surface area contributed by atoms with Crippen molar-refractivity contribution >= 4 is 17.5 Å². The summed E-state index contributed by atoms with van der Waals surface area (Å²) in [7, 11) is 0. The quantitative estimate of drug-likeness (QED) is 0.889. The molecule has 0 saturated carbocycles. The van der Waals surface area contributed by atoms with Gasteiger partial charge in [-0.2, -0.15) is 4.98 Å². The van der Waals surface area contributed by atoms with E-state index < -0.39 is 0 Å². The molecule has 0 radical (unpaired) electrons. The number of ether oxygens (including phenoxy) is 1. The van der Waals surface area contributed by atoms with Crippen LogP contribution in [0.5, 0.6) is 11.6 Å². The number of hydrogen-bond donors (Lipinski definition) is 1. The summed E-state index contributed by atoms with van der Waals surface area (Å²) in [6.07, 6.45) is 2.76. The van der Waals surface area contributed by atoms with E-state index in [-0.39, 0.29) is 0 Å². The Labute approximate surface area is 124 Å². The van der Waals surface area contributed by atoms with Gasteiger partial charge in [0.1, 0.15) is 5.75 Å². The van der Waals surface area contributed by atoms with Crippen molar-refractivity contribution in [1.82, 2.24) is 9.97 Å². The van der Waals surface area contributed by atoms with E-state index in [4.69, 9.17) is 16.3 Å². The van der Waals surface area contributed by atoms with Crippen LogP contribution >= 0.6 is 11.6 Å². The smallest absolute Gasteiger partial charge is 0.226 e. The number of benzene rings is 1. The Balaban J connectivity index is 2.25. The van der Waals surface area contributed by atoms with Crippen LogP contribution in [-0.4, -0.2) is 16.5 Å². The van der Waals surface area contributed by atoms with E-state index in [1.807, 2.05) is 26.0 Å². The predicted molar refractivity (Wildman–Crippen MR) is 81.8 cm³/mol. The fourth-order valence-corrected chi connectivity index (χ4v) is 1.80. The Morgan fingerprint density at radius 3 is 2.80 bits per heavy atom. The number of nitrogens with zero attached hydrogens (tertiary/aromatic N) is 2. The molecular formula is C15H18ClN3O. The van der Waals surface area contributed by atoms with Crippen LogP contribution in [0.25, 0.3) is 0 Å². The minimum atomic E-state index is 0.545. The summed E-state index contributed by atoms with van der Waals surface area (Å²) in [6.45, 7) is 6.81. The Kier molecular flexibility index (Phi) is 4.79. The van der Waals surface area contributed by atoms with Crippen LogP contribution in [0.15, 0.2) is 24.4 Å². The maximum atomic E-state index is 6.00. The van der Waals surface area contributed by atoms with Crippen molar-refractivity contribution < 1.29 is 4.74 Å². The van der Waals surface area contributed by atoms with Crippen molar-refractivity contribution in [3.63, 3.8) is 0 Å². The van der Waals surface area contributed by atoms with E-state index in [0.29, 0.717) is 22.6 Å². The molecule has 0 bridgehead atoms. The highest BCUT2D eigenvalue weighted by Crippen LogP contribution is 2.28. The molecule has 2 aromatic rings. The molecule has 0 aliphatic heterocycles. The number of halogens is 1. The molecule has 5 heteroatoms. The van der Waals surface area contributed by atoms with Gasteiger partial charge in [-0.3, -0.25) is 0 Å². The number of hydrogen-bond acceptors (Lipinski definition) is 4. The fourth-order valence-electron chi connectivity index (χ4n) is 1.64. The zero-order chi connectivity index (χ0) is 14.5. The van der Waals surface area contributed by atoms with E-state index in [0.717, 1.165) is 24.1 Å². The third-order valence-electron chi connectivity index (χ3n) is 2.82. The summed E-state index contributed by atoms with van der Waals surface area (Å²) in [5, 5.41) is 3.79. The number of aromatic nitrogens is 2. The maximum Gasteiger partial charge on any atom is 0.226 e. The largest absolute Gasteiger partial charge is 0.438 e. The third-order valence-corrected chi connectivity index (χ3v) is 3.05. The van der Waals surface area contributed by atoms with Gasteiger partial charge in [0.15, 0.2) is 0 Å². The molecule has 0 spiro atoms. The molecule has 1 N–H and O–H groups in total. The van der Waals surface area contributed by atoms with Gasteiger partial charge in [-0.25, -0.2) is 4.98 Å². The van der Waals surface area contributed by atoms with Gasteiger partial charge in [0.2, 0.25) is 11.8 Å². The van der Waals surface area contributed by atoms with Crippen molar-refractivity contribution in [3.8, 4) is 11.6 Å². The first-order valence-electron chi connectivity index (χ1n) is 6.61. The van der Waals surface area contributed by atoms with Crippen LogP contribution in [0.1, 0.15) is 24.5 Å². The molecule has 0 unspecified atom stereocenters. The molecule has 1 heterocycles. The van der Waals surface area contributed by atoms with Crippen LogP contribution in [0.3, 0.4) is 0 Å². The molecule has 0 fully saturated rings. The lowest BCUT2D eigenvalue weighted by atomic mass is 10.2. The topological polar surface area (TPSA) is 47.0 Å². The summed E-state index contributed by atoms with van der Waals surface area (Å²) in [5.74, 6) is 1.83. The van der Waals surface area contributed by atoms with Gasteiger partial charge in [0.05, 0.1) is 0 Å². The zero-order valence-corrected chi connectivity index (χ0v) is 12.7. The second kappa shape index (κ2) is 6.57. The van der Waals surface area contributed by atoms with Gasteiger partial charge >= 0.3 is 0 Å². The number of anilines is 1. The van der Waals surface area contributed by atoms with Crippen molar-refractivity contribution in [2.45, 2.75) is 27.2 Å². The minimum Gasteiger partial charge on any atom is -0.438 e. The molecule has 106 valence electrons. The molecule has 4 nitrogen and oxygen atoms in total. The Morgan fingerprint density at radius 2 is 2.05 bits per heavy atom. The summed E-state index contributed by atoms with van der Waals surface area (Å²) in [4.78, 5) is 8.62. The van der Waals surface area contributed by atoms with Crippen molar-refractivity contribution in [2.75, 3.05) is 11.9 Å². The summed E-state index contributed by atoms with van der Waals surface area (Å²) < 4.78 is 5.87. The number of aryl methyl sites for hydroxylation is 2. The Bertz CT molecular complexity index is 602. The SMILES string of the molecule is CCCNc1ncc(C)c(Oc2cc(Cl)ccc2C)n1. The first-order chi connectivity index (χ1) is 9.60. The normalized spacial score (nSPS) is 10.4. The molecule has 1 aromatic carbocycles. The van der Waals surface area contributed by atoms with E-state index >= 15 is 0 Å².